The van der Waals surface area contributed by atoms with Crippen LogP contribution in [0.3, 0.4) is 0 Å². The molecule has 26 heavy (non-hydrogen) atoms. The molecule has 0 aromatic heterocycles. The molecule has 4 N–H and O–H groups in total. The molecule has 3 rings (SSSR count). The molecule has 2 aromatic rings. The van der Waals surface area contributed by atoms with Crippen LogP contribution in [0.2, 0.25) is 5.02 Å². The van der Waals surface area contributed by atoms with Crippen LogP contribution < -0.4 is 26.4 Å². The number of ether oxygens (including phenoxy) is 1. The van der Waals surface area contributed by atoms with E-state index in [-0.39, 0.29) is 17.7 Å². The van der Waals surface area contributed by atoms with Crippen molar-refractivity contribution < 1.29 is 22.7 Å². The molecule has 1 fully saturated rings. The molecule has 138 valence electrons. The Labute approximate surface area is 151 Å². The van der Waals surface area contributed by atoms with Gasteiger partial charge in [-0.2, -0.15) is 5.53 Å². The van der Waals surface area contributed by atoms with Gasteiger partial charge in [0.15, 0.2) is 0 Å². The summed E-state index contributed by atoms with van der Waals surface area (Å²) in [6.07, 6.45) is -4.76. The summed E-state index contributed by atoms with van der Waals surface area (Å²) in [5, 5.41) is 3.17. The summed E-state index contributed by atoms with van der Waals surface area (Å²) in [6.45, 7) is 0. The molecule has 1 amide bonds. The van der Waals surface area contributed by atoms with Gasteiger partial charge >= 0.3 is 6.36 Å². The number of hydrogen-bond donors (Lipinski definition) is 4. The van der Waals surface area contributed by atoms with E-state index in [1.807, 2.05) is 6.07 Å². The van der Waals surface area contributed by atoms with Gasteiger partial charge < -0.3 is 10.1 Å². The number of hydrazine groups is 2. The second-order valence-electron chi connectivity index (χ2n) is 5.49. The van der Waals surface area contributed by atoms with Gasteiger partial charge in [-0.3, -0.25) is 4.79 Å². The Hall–Kier alpha value is -2.33. The molecule has 0 spiro atoms. The van der Waals surface area contributed by atoms with Crippen molar-refractivity contribution in [2.45, 2.75) is 18.4 Å². The minimum absolute atomic E-state index is 0.336. The SMILES string of the molecule is O=C(Nc1ccc(OC(F)(F)F)cc1)C1NNNC1c1cccc(Cl)c1. The number of alkyl halides is 3. The van der Waals surface area contributed by atoms with Gasteiger partial charge in [-0.15, -0.1) is 13.2 Å². The first kappa shape index (κ1) is 18.5. The van der Waals surface area contributed by atoms with Crippen LogP contribution >= 0.6 is 11.6 Å². The van der Waals surface area contributed by atoms with E-state index >= 15 is 0 Å². The minimum atomic E-state index is -4.76. The topological polar surface area (TPSA) is 74.4 Å². The average Bonchev–Trinajstić information content (AvgIpc) is 3.05. The highest BCUT2D eigenvalue weighted by molar-refractivity contribution is 6.30. The fourth-order valence-electron chi connectivity index (χ4n) is 2.52. The van der Waals surface area contributed by atoms with Crippen LogP contribution in [0.15, 0.2) is 48.5 Å². The number of halogens is 4. The summed E-state index contributed by atoms with van der Waals surface area (Å²) in [7, 11) is 0. The monoisotopic (exact) mass is 386 g/mol. The predicted molar refractivity (Wildman–Crippen MR) is 89.1 cm³/mol. The minimum Gasteiger partial charge on any atom is -0.406 e. The van der Waals surface area contributed by atoms with Gasteiger partial charge in [0.05, 0.1) is 6.04 Å². The van der Waals surface area contributed by atoms with Crippen molar-refractivity contribution in [3.8, 4) is 5.75 Å². The molecule has 6 nitrogen and oxygen atoms in total. The molecular formula is C16H14ClF3N4O2. The first-order chi connectivity index (χ1) is 12.3. The number of benzene rings is 2. The highest BCUT2D eigenvalue weighted by atomic mass is 35.5. The molecular weight excluding hydrogens is 373 g/mol. The molecule has 2 atom stereocenters. The maximum atomic E-state index is 12.5. The van der Waals surface area contributed by atoms with E-state index < -0.39 is 12.4 Å². The van der Waals surface area contributed by atoms with E-state index in [1.54, 1.807) is 18.2 Å². The molecule has 0 radical (unpaired) electrons. The lowest BCUT2D eigenvalue weighted by molar-refractivity contribution is -0.274. The zero-order valence-electron chi connectivity index (χ0n) is 13.1. The zero-order chi connectivity index (χ0) is 18.7. The third-order valence-corrected chi connectivity index (χ3v) is 3.87. The number of rotatable bonds is 4. The summed E-state index contributed by atoms with van der Waals surface area (Å²) in [4.78, 5) is 12.5. The van der Waals surface area contributed by atoms with Crippen LogP contribution in [0.5, 0.6) is 5.75 Å². The lowest BCUT2D eigenvalue weighted by Gasteiger charge is -2.18. The smallest absolute Gasteiger partial charge is 0.406 e. The lowest BCUT2D eigenvalue weighted by atomic mass is 10.0. The Balaban J connectivity index is 1.67. The van der Waals surface area contributed by atoms with Gasteiger partial charge in [0, 0.05) is 10.7 Å². The van der Waals surface area contributed by atoms with Crippen LogP contribution in [0.4, 0.5) is 18.9 Å². The number of anilines is 1. The van der Waals surface area contributed by atoms with Crippen molar-refractivity contribution >= 4 is 23.2 Å². The quantitative estimate of drug-likeness (QED) is 0.650. The van der Waals surface area contributed by atoms with Gasteiger partial charge in [0.2, 0.25) is 5.91 Å². The molecule has 2 aromatic carbocycles. The Morgan fingerprint density at radius 2 is 1.85 bits per heavy atom. The maximum Gasteiger partial charge on any atom is 0.573 e. The molecule has 2 unspecified atom stereocenters. The number of carbonyl (C=O) groups is 1. The first-order valence-corrected chi connectivity index (χ1v) is 7.88. The van der Waals surface area contributed by atoms with Crippen molar-refractivity contribution in [1.29, 1.82) is 0 Å². The molecule has 1 aliphatic rings. The molecule has 1 saturated heterocycles. The number of carbonyl (C=O) groups excluding carboxylic acids is 1. The highest BCUT2D eigenvalue weighted by Gasteiger charge is 2.34. The third kappa shape index (κ3) is 4.64. The summed E-state index contributed by atoms with van der Waals surface area (Å²) >= 11 is 5.98. The van der Waals surface area contributed by atoms with E-state index in [2.05, 4.69) is 26.4 Å². The molecule has 1 heterocycles. The second kappa shape index (κ2) is 7.50. The number of nitrogens with one attached hydrogen (secondary N) is 4. The van der Waals surface area contributed by atoms with Crippen LogP contribution in [-0.4, -0.2) is 18.3 Å². The van der Waals surface area contributed by atoms with Gasteiger partial charge in [-0.1, -0.05) is 23.7 Å². The van der Waals surface area contributed by atoms with Crippen LogP contribution in [0.1, 0.15) is 11.6 Å². The number of amides is 1. The van der Waals surface area contributed by atoms with Crippen LogP contribution in [0.25, 0.3) is 0 Å². The average molecular weight is 387 g/mol. The lowest BCUT2D eigenvalue weighted by Crippen LogP contribution is -2.41. The summed E-state index contributed by atoms with van der Waals surface area (Å²) in [5.74, 6) is -0.744. The normalized spacial score (nSPS) is 20.0. The van der Waals surface area contributed by atoms with Crippen LogP contribution in [-0.2, 0) is 4.79 Å². The van der Waals surface area contributed by atoms with E-state index in [0.717, 1.165) is 17.7 Å². The van der Waals surface area contributed by atoms with Gasteiger partial charge in [0.1, 0.15) is 11.8 Å². The summed E-state index contributed by atoms with van der Waals surface area (Å²) in [5.41, 5.74) is 9.55. The highest BCUT2D eigenvalue weighted by Crippen LogP contribution is 2.25. The van der Waals surface area contributed by atoms with Crippen molar-refractivity contribution in [3.63, 3.8) is 0 Å². The number of hydrogen-bond acceptors (Lipinski definition) is 5. The molecule has 1 aliphatic heterocycles. The Morgan fingerprint density at radius 3 is 2.50 bits per heavy atom. The van der Waals surface area contributed by atoms with Crippen molar-refractivity contribution in [1.82, 2.24) is 16.4 Å². The Morgan fingerprint density at radius 1 is 1.12 bits per heavy atom. The molecule has 10 heteroatoms. The summed E-state index contributed by atoms with van der Waals surface area (Å²) < 4.78 is 40.3. The molecule has 0 aliphatic carbocycles. The fourth-order valence-corrected chi connectivity index (χ4v) is 2.72. The summed E-state index contributed by atoms with van der Waals surface area (Å²) in [6, 6.07) is 10.9. The predicted octanol–water partition coefficient (Wildman–Crippen LogP) is 2.90. The van der Waals surface area contributed by atoms with Gasteiger partial charge in [0.25, 0.3) is 0 Å². The molecule has 0 saturated carbocycles. The van der Waals surface area contributed by atoms with E-state index in [9.17, 15) is 18.0 Å². The van der Waals surface area contributed by atoms with E-state index in [0.29, 0.717) is 10.7 Å². The Bertz CT molecular complexity index is 786. The Kier molecular flexibility index (Phi) is 5.33. The van der Waals surface area contributed by atoms with E-state index in [4.69, 9.17) is 11.6 Å². The maximum absolute atomic E-state index is 12.5. The van der Waals surface area contributed by atoms with Gasteiger partial charge in [-0.05, 0) is 42.0 Å². The zero-order valence-corrected chi connectivity index (χ0v) is 13.9. The second-order valence-corrected chi connectivity index (χ2v) is 5.92. The van der Waals surface area contributed by atoms with Gasteiger partial charge in [-0.25, -0.2) is 10.9 Å². The van der Waals surface area contributed by atoms with Crippen molar-refractivity contribution in [2.75, 3.05) is 5.32 Å². The van der Waals surface area contributed by atoms with Crippen molar-refractivity contribution in [3.05, 3.63) is 59.1 Å². The third-order valence-electron chi connectivity index (χ3n) is 3.63. The van der Waals surface area contributed by atoms with E-state index in [1.165, 1.54) is 12.1 Å². The largest absolute Gasteiger partial charge is 0.573 e. The van der Waals surface area contributed by atoms with Crippen molar-refractivity contribution in [2.24, 2.45) is 0 Å². The molecule has 0 bridgehead atoms. The first-order valence-electron chi connectivity index (χ1n) is 7.50. The van der Waals surface area contributed by atoms with Crippen LogP contribution in [0, 0.1) is 0 Å². The fraction of sp³-hybridized carbons (Fsp3) is 0.188. The standard InChI is InChI=1S/C16H14ClF3N4O2/c17-10-3-1-2-9(8-10)13-14(23-24-22-13)15(25)21-11-4-6-12(7-5-11)26-16(18,19)20/h1-8,13-14,22-24H,(H,21,25).